The second-order valence-corrected chi connectivity index (χ2v) is 6.68. The highest BCUT2D eigenvalue weighted by Gasteiger charge is 2.15. The van der Waals surface area contributed by atoms with Crippen LogP contribution in [0.5, 0.6) is 5.75 Å². The van der Waals surface area contributed by atoms with Crippen LogP contribution in [0.1, 0.15) is 50.3 Å². The number of benzene rings is 2. The number of ether oxygens (including phenoxy) is 2. The maximum absolute atomic E-state index is 14.8. The first kappa shape index (κ1) is 22.6. The van der Waals surface area contributed by atoms with E-state index in [1.165, 1.54) is 0 Å². The summed E-state index contributed by atoms with van der Waals surface area (Å²) in [6.45, 7) is 6.28. The van der Waals surface area contributed by atoms with Crippen molar-refractivity contribution in [2.45, 2.75) is 52.7 Å². The van der Waals surface area contributed by atoms with Gasteiger partial charge in [0.2, 0.25) is 0 Å². The molecule has 0 aliphatic rings. The third-order valence-electron chi connectivity index (χ3n) is 4.71. The molecule has 0 bridgehead atoms. The van der Waals surface area contributed by atoms with Crippen LogP contribution >= 0.6 is 0 Å². The van der Waals surface area contributed by atoms with E-state index in [0.29, 0.717) is 36.3 Å². The van der Waals surface area contributed by atoms with E-state index >= 15 is 0 Å². The smallest absolute Gasteiger partial charge is 0.310 e. The third-order valence-corrected chi connectivity index (χ3v) is 4.71. The molecule has 0 saturated carbocycles. The van der Waals surface area contributed by atoms with Gasteiger partial charge in [0.1, 0.15) is 17.7 Å². The lowest BCUT2D eigenvalue weighted by Gasteiger charge is -2.19. The highest BCUT2D eigenvalue weighted by Crippen LogP contribution is 2.27. The molecule has 0 aliphatic carbocycles. The molecular weight excluding hydrogens is 369 g/mol. The molecule has 0 saturated heterocycles. The van der Waals surface area contributed by atoms with Gasteiger partial charge in [-0.25, -0.2) is 4.39 Å². The highest BCUT2D eigenvalue weighted by molar-refractivity contribution is 5.73. The second kappa shape index (κ2) is 11.4. The minimum atomic E-state index is -0.290. The van der Waals surface area contributed by atoms with Gasteiger partial charge < -0.3 is 15.2 Å². The van der Waals surface area contributed by atoms with Crippen molar-refractivity contribution in [1.82, 2.24) is 0 Å². The molecule has 0 aromatic heterocycles. The number of hydrogen-bond acceptors (Lipinski definition) is 4. The normalized spacial score (nSPS) is 12.5. The van der Waals surface area contributed by atoms with Crippen molar-refractivity contribution in [3.8, 4) is 5.75 Å². The van der Waals surface area contributed by atoms with Crippen LogP contribution in [-0.4, -0.2) is 18.7 Å². The lowest BCUT2D eigenvalue weighted by Crippen LogP contribution is -2.16. The minimum Gasteiger partial charge on any atom is -0.486 e. The summed E-state index contributed by atoms with van der Waals surface area (Å²) < 4.78 is 26.0. The van der Waals surface area contributed by atoms with Gasteiger partial charge in [0, 0.05) is 23.2 Å². The van der Waals surface area contributed by atoms with Gasteiger partial charge in [-0.3, -0.25) is 4.79 Å². The fraction of sp³-hybridized carbons (Fsp3) is 0.375. The number of nitrogens with two attached hydrogens (primary N) is 1. The molecule has 2 rings (SSSR count). The average molecular weight is 400 g/mol. The summed E-state index contributed by atoms with van der Waals surface area (Å²) in [5, 5.41) is 0. The van der Waals surface area contributed by atoms with Crippen molar-refractivity contribution < 1.29 is 18.7 Å². The quantitative estimate of drug-likeness (QED) is 0.569. The van der Waals surface area contributed by atoms with Crippen LogP contribution in [0.2, 0.25) is 0 Å². The number of esters is 1. The fourth-order valence-electron chi connectivity index (χ4n) is 3.14. The van der Waals surface area contributed by atoms with Crippen LogP contribution in [0, 0.1) is 5.82 Å². The van der Waals surface area contributed by atoms with Gasteiger partial charge in [0.25, 0.3) is 0 Å². The number of allylic oxidation sites excluding steroid dienone is 1. The Morgan fingerprint density at radius 3 is 2.48 bits per heavy atom. The summed E-state index contributed by atoms with van der Waals surface area (Å²) in [4.78, 5) is 11.9. The lowest BCUT2D eigenvalue weighted by molar-refractivity contribution is -0.142. The van der Waals surface area contributed by atoms with Crippen molar-refractivity contribution in [2.75, 3.05) is 6.61 Å². The molecule has 156 valence electrons. The van der Waals surface area contributed by atoms with Crippen LogP contribution in [0.3, 0.4) is 0 Å². The molecule has 29 heavy (non-hydrogen) atoms. The van der Waals surface area contributed by atoms with E-state index in [-0.39, 0.29) is 30.9 Å². The molecule has 0 radical (unpaired) electrons. The zero-order valence-corrected chi connectivity index (χ0v) is 17.4. The third kappa shape index (κ3) is 6.16. The zero-order valence-electron chi connectivity index (χ0n) is 17.4. The molecule has 5 heteroatoms. The topological polar surface area (TPSA) is 61.5 Å². The number of para-hydroxylation sites is 1. The van der Waals surface area contributed by atoms with Crippen LogP contribution in [-0.2, 0) is 22.5 Å². The van der Waals surface area contributed by atoms with Gasteiger partial charge in [-0.15, -0.1) is 0 Å². The first-order valence-corrected chi connectivity index (χ1v) is 10.1. The largest absolute Gasteiger partial charge is 0.486 e. The summed E-state index contributed by atoms with van der Waals surface area (Å²) >= 11 is 0. The van der Waals surface area contributed by atoms with E-state index in [9.17, 15) is 9.18 Å². The predicted octanol–water partition coefficient (Wildman–Crippen LogP) is 5.04. The summed E-state index contributed by atoms with van der Waals surface area (Å²) in [5.41, 5.74) is 8.33. The van der Waals surface area contributed by atoms with Crippen LogP contribution in [0.4, 0.5) is 4.39 Å². The van der Waals surface area contributed by atoms with Crippen LogP contribution in [0.25, 0.3) is 5.57 Å². The van der Waals surface area contributed by atoms with E-state index in [0.717, 1.165) is 11.1 Å². The van der Waals surface area contributed by atoms with Gasteiger partial charge in [-0.05, 0) is 37.5 Å². The predicted molar refractivity (Wildman–Crippen MR) is 114 cm³/mol. The summed E-state index contributed by atoms with van der Waals surface area (Å²) in [5.74, 6) is 0.0676. The Labute approximate surface area is 172 Å². The first-order chi connectivity index (χ1) is 14.0. The van der Waals surface area contributed by atoms with Crippen molar-refractivity contribution in [3.05, 3.63) is 71.0 Å². The standard InChI is InChI=1S/C24H30FNO3/c1-4-17(21-12-9-11-19(16-26)24(21)25)14-20(5-2)29-22-13-8-7-10-18(22)15-23(27)28-6-3/h7-14,20H,4-6,15-16,26H2,1-3H3/b17-14+. The van der Waals surface area contributed by atoms with E-state index in [1.54, 1.807) is 19.1 Å². The average Bonchev–Trinajstić information content (AvgIpc) is 2.73. The van der Waals surface area contributed by atoms with Gasteiger partial charge in [-0.1, -0.05) is 50.2 Å². The number of rotatable bonds is 10. The molecule has 2 aromatic carbocycles. The summed E-state index contributed by atoms with van der Waals surface area (Å²) in [6.07, 6.45) is 3.22. The number of hydrogen-bond donors (Lipinski definition) is 1. The molecule has 1 unspecified atom stereocenters. The van der Waals surface area contributed by atoms with Gasteiger partial charge in [-0.2, -0.15) is 0 Å². The Bertz CT molecular complexity index is 848. The van der Waals surface area contributed by atoms with Crippen LogP contribution in [0.15, 0.2) is 48.5 Å². The lowest BCUT2D eigenvalue weighted by atomic mass is 9.98. The molecule has 0 spiro atoms. The first-order valence-electron chi connectivity index (χ1n) is 10.1. The maximum atomic E-state index is 14.8. The Morgan fingerprint density at radius 1 is 1.10 bits per heavy atom. The van der Waals surface area contributed by atoms with Gasteiger partial charge >= 0.3 is 5.97 Å². The summed E-state index contributed by atoms with van der Waals surface area (Å²) in [6, 6.07) is 12.7. The van der Waals surface area contributed by atoms with Crippen molar-refractivity contribution in [3.63, 3.8) is 0 Å². The molecule has 0 heterocycles. The van der Waals surface area contributed by atoms with Gasteiger partial charge in [0.05, 0.1) is 13.0 Å². The van der Waals surface area contributed by atoms with Crippen LogP contribution < -0.4 is 10.5 Å². The number of carbonyl (C=O) groups excluding carboxylic acids is 1. The molecule has 4 nitrogen and oxygen atoms in total. The zero-order chi connectivity index (χ0) is 21.2. The Morgan fingerprint density at radius 2 is 1.83 bits per heavy atom. The molecule has 2 N–H and O–H groups in total. The fourth-order valence-corrected chi connectivity index (χ4v) is 3.14. The number of carbonyl (C=O) groups is 1. The molecule has 1 atom stereocenters. The molecule has 0 fully saturated rings. The van der Waals surface area contributed by atoms with E-state index in [2.05, 4.69) is 0 Å². The molecule has 0 amide bonds. The molecule has 2 aromatic rings. The minimum absolute atomic E-state index is 0.151. The maximum Gasteiger partial charge on any atom is 0.310 e. The van der Waals surface area contributed by atoms with E-state index in [1.807, 2.05) is 50.3 Å². The van der Waals surface area contributed by atoms with E-state index < -0.39 is 0 Å². The molecular formula is C24H30FNO3. The monoisotopic (exact) mass is 399 g/mol. The van der Waals surface area contributed by atoms with Crippen molar-refractivity contribution in [2.24, 2.45) is 5.73 Å². The SMILES string of the molecule is CCOC(=O)Cc1ccccc1OC(/C=C(\CC)c1cccc(CN)c1F)CC. The Balaban J connectivity index is 2.29. The van der Waals surface area contributed by atoms with Crippen molar-refractivity contribution >= 4 is 11.5 Å². The summed E-state index contributed by atoms with van der Waals surface area (Å²) in [7, 11) is 0. The highest BCUT2D eigenvalue weighted by atomic mass is 19.1. The second-order valence-electron chi connectivity index (χ2n) is 6.68. The van der Waals surface area contributed by atoms with Crippen molar-refractivity contribution in [1.29, 1.82) is 0 Å². The Kier molecular flexibility index (Phi) is 8.87. The Hall–Kier alpha value is -2.66. The van der Waals surface area contributed by atoms with E-state index in [4.69, 9.17) is 15.2 Å². The van der Waals surface area contributed by atoms with Gasteiger partial charge in [0.15, 0.2) is 0 Å². The number of halogens is 1. The molecule has 0 aliphatic heterocycles.